The summed E-state index contributed by atoms with van der Waals surface area (Å²) in [7, 11) is 4.44. The number of aliphatic hydroxyl groups is 1. The maximum atomic E-state index is 9.61. The number of nitrogens with one attached hydrogen (secondary N) is 1. The van der Waals surface area contributed by atoms with Gasteiger partial charge in [0, 0.05) is 18.1 Å². The van der Waals surface area contributed by atoms with E-state index in [0.717, 1.165) is 18.9 Å². The summed E-state index contributed by atoms with van der Waals surface area (Å²) in [6.07, 6.45) is 3.62. The van der Waals surface area contributed by atoms with Gasteiger partial charge in [-0.25, -0.2) is 0 Å². The average Bonchev–Trinajstić information content (AvgIpc) is 2.41. The van der Waals surface area contributed by atoms with Crippen LogP contribution in [0.4, 0.5) is 0 Å². The third-order valence-electron chi connectivity index (χ3n) is 4.84. The van der Waals surface area contributed by atoms with Crippen LogP contribution < -0.4 is 5.32 Å². The van der Waals surface area contributed by atoms with Crippen LogP contribution in [0.2, 0.25) is 0 Å². The summed E-state index contributed by atoms with van der Waals surface area (Å²) in [5, 5.41) is 13.0. The molecule has 0 aromatic heterocycles. The molecule has 1 rings (SSSR count). The Morgan fingerprint density at radius 2 is 2.00 bits per heavy atom. The molecular formula is C16H35N3O. The zero-order valence-electron chi connectivity index (χ0n) is 14.2. The van der Waals surface area contributed by atoms with E-state index in [9.17, 15) is 5.11 Å². The first kappa shape index (κ1) is 17.9. The lowest BCUT2D eigenvalue weighted by atomic mass is 9.92. The SMILES string of the molecule is CCNC(C)(CO)CC(C)N(C)CC1CCN(C)CC1. The van der Waals surface area contributed by atoms with Crippen molar-refractivity contribution in [1.82, 2.24) is 15.1 Å². The van der Waals surface area contributed by atoms with Gasteiger partial charge in [-0.15, -0.1) is 0 Å². The molecule has 2 N–H and O–H groups in total. The smallest absolute Gasteiger partial charge is 0.0611 e. The minimum Gasteiger partial charge on any atom is -0.394 e. The number of likely N-dealkylation sites (N-methyl/N-ethyl adjacent to an activating group) is 1. The second-order valence-electron chi connectivity index (χ2n) is 6.99. The molecule has 0 amide bonds. The minimum absolute atomic E-state index is 0.158. The fraction of sp³-hybridized carbons (Fsp3) is 1.00. The molecule has 0 aliphatic carbocycles. The van der Waals surface area contributed by atoms with Gasteiger partial charge in [0.05, 0.1) is 6.61 Å². The van der Waals surface area contributed by atoms with Gasteiger partial charge in [-0.1, -0.05) is 6.92 Å². The maximum absolute atomic E-state index is 9.61. The van der Waals surface area contributed by atoms with Crippen molar-refractivity contribution in [1.29, 1.82) is 0 Å². The Bertz CT molecular complexity index is 266. The second kappa shape index (κ2) is 8.32. The summed E-state index contributed by atoms with van der Waals surface area (Å²) in [5.41, 5.74) is -0.158. The normalized spacial score (nSPS) is 22.9. The van der Waals surface area contributed by atoms with Crippen molar-refractivity contribution in [2.24, 2.45) is 5.92 Å². The third kappa shape index (κ3) is 5.68. The van der Waals surface area contributed by atoms with Gasteiger partial charge >= 0.3 is 0 Å². The van der Waals surface area contributed by atoms with E-state index in [0.29, 0.717) is 6.04 Å². The van der Waals surface area contributed by atoms with E-state index in [1.807, 2.05) is 0 Å². The number of aliphatic hydroxyl groups excluding tert-OH is 1. The fourth-order valence-electron chi connectivity index (χ4n) is 3.26. The molecule has 1 saturated heterocycles. The van der Waals surface area contributed by atoms with Crippen LogP contribution in [0.15, 0.2) is 0 Å². The Morgan fingerprint density at radius 3 is 2.50 bits per heavy atom. The third-order valence-corrected chi connectivity index (χ3v) is 4.84. The van der Waals surface area contributed by atoms with Gasteiger partial charge in [-0.05, 0) is 72.8 Å². The van der Waals surface area contributed by atoms with Crippen molar-refractivity contribution < 1.29 is 5.11 Å². The van der Waals surface area contributed by atoms with Gasteiger partial charge in [0.2, 0.25) is 0 Å². The summed E-state index contributed by atoms with van der Waals surface area (Å²) < 4.78 is 0. The van der Waals surface area contributed by atoms with E-state index in [1.165, 1.54) is 32.5 Å². The standard InChI is InChI=1S/C16H35N3O/c1-6-17-16(3,13-20)11-14(2)19(5)12-15-7-9-18(4)10-8-15/h14-15,17,20H,6-13H2,1-5H3. The second-order valence-corrected chi connectivity index (χ2v) is 6.99. The maximum Gasteiger partial charge on any atom is 0.0611 e. The summed E-state index contributed by atoms with van der Waals surface area (Å²) in [6.45, 7) is 11.3. The molecule has 0 aromatic carbocycles. The van der Waals surface area contributed by atoms with Gasteiger partial charge in [0.15, 0.2) is 0 Å². The zero-order valence-corrected chi connectivity index (χ0v) is 14.2. The summed E-state index contributed by atoms with van der Waals surface area (Å²) in [4.78, 5) is 4.90. The van der Waals surface area contributed by atoms with Crippen molar-refractivity contribution in [2.45, 2.75) is 51.6 Å². The number of nitrogens with zero attached hydrogens (tertiary/aromatic N) is 2. The van der Waals surface area contributed by atoms with Gasteiger partial charge < -0.3 is 20.2 Å². The zero-order chi connectivity index (χ0) is 15.2. The van der Waals surface area contributed by atoms with Crippen LogP contribution in [-0.4, -0.2) is 73.4 Å². The van der Waals surface area contributed by atoms with Crippen LogP contribution in [0, 0.1) is 5.92 Å². The molecule has 1 aliphatic heterocycles. The van der Waals surface area contributed by atoms with Gasteiger partial charge in [0.1, 0.15) is 0 Å². The molecule has 0 saturated carbocycles. The molecule has 2 unspecified atom stereocenters. The number of hydrogen-bond acceptors (Lipinski definition) is 4. The van der Waals surface area contributed by atoms with E-state index >= 15 is 0 Å². The molecule has 0 bridgehead atoms. The molecule has 4 heteroatoms. The lowest BCUT2D eigenvalue weighted by Gasteiger charge is -2.38. The highest BCUT2D eigenvalue weighted by Crippen LogP contribution is 2.20. The highest BCUT2D eigenvalue weighted by molar-refractivity contribution is 4.87. The van der Waals surface area contributed by atoms with Crippen molar-refractivity contribution in [3.63, 3.8) is 0 Å². The predicted molar refractivity (Wildman–Crippen MR) is 86.1 cm³/mol. The van der Waals surface area contributed by atoms with E-state index in [2.05, 4.69) is 50.0 Å². The predicted octanol–water partition coefficient (Wildman–Crippen LogP) is 1.40. The molecule has 1 fully saturated rings. The Kier molecular flexibility index (Phi) is 7.45. The minimum atomic E-state index is -0.158. The molecule has 0 aromatic rings. The number of hydrogen-bond donors (Lipinski definition) is 2. The molecule has 1 aliphatic rings. The van der Waals surface area contributed by atoms with Gasteiger partial charge in [-0.2, -0.15) is 0 Å². The molecule has 0 spiro atoms. The van der Waals surface area contributed by atoms with Gasteiger partial charge in [-0.3, -0.25) is 0 Å². The lowest BCUT2D eigenvalue weighted by Crippen LogP contribution is -2.50. The number of piperidine rings is 1. The van der Waals surface area contributed by atoms with Crippen LogP contribution in [-0.2, 0) is 0 Å². The highest BCUT2D eigenvalue weighted by atomic mass is 16.3. The highest BCUT2D eigenvalue weighted by Gasteiger charge is 2.27. The lowest BCUT2D eigenvalue weighted by molar-refractivity contribution is 0.108. The molecule has 20 heavy (non-hydrogen) atoms. The molecular weight excluding hydrogens is 250 g/mol. The topological polar surface area (TPSA) is 38.7 Å². The van der Waals surface area contributed by atoms with E-state index in [4.69, 9.17) is 0 Å². The summed E-state index contributed by atoms with van der Waals surface area (Å²) in [5.74, 6) is 0.832. The van der Waals surface area contributed by atoms with Crippen LogP contribution in [0.3, 0.4) is 0 Å². The summed E-state index contributed by atoms with van der Waals surface area (Å²) in [6, 6.07) is 0.492. The Morgan fingerprint density at radius 1 is 1.40 bits per heavy atom. The van der Waals surface area contributed by atoms with Gasteiger partial charge in [0.25, 0.3) is 0 Å². The molecule has 4 nitrogen and oxygen atoms in total. The quantitative estimate of drug-likeness (QED) is 0.707. The van der Waals surface area contributed by atoms with Crippen molar-refractivity contribution in [2.75, 3.05) is 46.9 Å². The number of likely N-dealkylation sites (tertiary alicyclic amines) is 1. The monoisotopic (exact) mass is 285 g/mol. The molecule has 1 heterocycles. The van der Waals surface area contributed by atoms with Crippen LogP contribution in [0.25, 0.3) is 0 Å². The van der Waals surface area contributed by atoms with E-state index < -0.39 is 0 Å². The first-order chi connectivity index (χ1) is 9.40. The van der Waals surface area contributed by atoms with Crippen molar-refractivity contribution in [3.05, 3.63) is 0 Å². The fourth-order valence-corrected chi connectivity index (χ4v) is 3.26. The van der Waals surface area contributed by atoms with Crippen molar-refractivity contribution in [3.8, 4) is 0 Å². The first-order valence-corrected chi connectivity index (χ1v) is 8.15. The summed E-state index contributed by atoms with van der Waals surface area (Å²) >= 11 is 0. The van der Waals surface area contributed by atoms with E-state index in [1.54, 1.807) is 0 Å². The Hall–Kier alpha value is -0.160. The molecule has 120 valence electrons. The van der Waals surface area contributed by atoms with E-state index in [-0.39, 0.29) is 12.1 Å². The van der Waals surface area contributed by atoms with Crippen LogP contribution >= 0.6 is 0 Å². The average molecular weight is 285 g/mol. The Labute approximate surface area is 125 Å². The Balaban J connectivity index is 2.40. The van der Waals surface area contributed by atoms with Crippen LogP contribution in [0.1, 0.15) is 40.0 Å². The first-order valence-electron chi connectivity index (χ1n) is 8.15. The number of rotatable bonds is 8. The van der Waals surface area contributed by atoms with Crippen molar-refractivity contribution >= 4 is 0 Å². The van der Waals surface area contributed by atoms with Crippen LogP contribution in [0.5, 0.6) is 0 Å². The molecule has 2 atom stereocenters. The molecule has 0 radical (unpaired) electrons. The largest absolute Gasteiger partial charge is 0.394 e.